The summed E-state index contributed by atoms with van der Waals surface area (Å²) < 4.78 is 10.8. The Balaban J connectivity index is 1.29. The molecule has 0 spiro atoms. The lowest BCUT2D eigenvalue weighted by atomic mass is 10.0. The minimum absolute atomic E-state index is 0.0500. The summed E-state index contributed by atoms with van der Waals surface area (Å²) in [7, 11) is 0. The molecule has 0 aromatic heterocycles. The molecule has 1 aliphatic rings. The van der Waals surface area contributed by atoms with Crippen LogP contribution < -0.4 is 14.4 Å². The minimum Gasteiger partial charge on any atom is -0.423 e. The van der Waals surface area contributed by atoms with E-state index in [1.807, 2.05) is 102 Å². The van der Waals surface area contributed by atoms with Gasteiger partial charge in [0.2, 0.25) is 0 Å². The van der Waals surface area contributed by atoms with Gasteiger partial charge in [-0.05, 0) is 121 Å². The molecule has 5 aromatic carbocycles. The Kier molecular flexibility index (Phi) is 9.47. The third-order valence-electron chi connectivity index (χ3n) is 7.91. The van der Waals surface area contributed by atoms with Crippen LogP contribution in [0.3, 0.4) is 0 Å². The molecule has 9 nitrogen and oxygen atoms in total. The Morgan fingerprint density at radius 2 is 1.12 bits per heavy atom. The zero-order chi connectivity index (χ0) is 36.1. The van der Waals surface area contributed by atoms with Gasteiger partial charge < -0.3 is 14.4 Å². The maximum atomic E-state index is 12.0. The van der Waals surface area contributed by atoms with Gasteiger partial charge >= 0.3 is 11.9 Å². The number of hydrogen-bond acceptors (Lipinski definition) is 8. The molecule has 0 unspecified atom stereocenters. The zero-order valence-corrected chi connectivity index (χ0v) is 27.8. The van der Waals surface area contributed by atoms with Crippen LogP contribution in [0.5, 0.6) is 11.5 Å². The lowest BCUT2D eigenvalue weighted by Gasteiger charge is -2.25. The number of carbonyl (C=O) groups excluding carboxylic acids is 2. The summed E-state index contributed by atoms with van der Waals surface area (Å²) in [6.45, 7) is 17.9. The number of anilines is 3. The highest BCUT2D eigenvalue weighted by Crippen LogP contribution is 2.47. The standard InChI is InChI=1S/C42H29N5O4/c1-26(2)41(48)50-33-19-15-31(16-20-33)47(32-17-21-34(22-18-32)51-42(49)27(3)4)30-13-10-28(11-14-30)45-46-29-12-23-37-38(24-29)35-8-6-7-9-36(35)40(37)39(25-43)44-5/h6-24H,1,3H2,2,4H3/b40-39+,46-45?. The van der Waals surface area contributed by atoms with E-state index in [2.05, 4.69) is 28.2 Å². The summed E-state index contributed by atoms with van der Waals surface area (Å²) in [6, 6.07) is 36.9. The van der Waals surface area contributed by atoms with E-state index in [1.165, 1.54) is 0 Å². The van der Waals surface area contributed by atoms with Crippen molar-refractivity contribution in [2.45, 2.75) is 13.8 Å². The van der Waals surface area contributed by atoms with Crippen LogP contribution in [0, 0.1) is 17.9 Å². The van der Waals surface area contributed by atoms with Gasteiger partial charge in [-0.3, -0.25) is 0 Å². The second kappa shape index (κ2) is 14.4. The minimum atomic E-state index is -0.510. The molecule has 0 radical (unpaired) electrons. The first-order valence-corrected chi connectivity index (χ1v) is 15.7. The fraction of sp³-hybridized carbons (Fsp3) is 0.0476. The van der Waals surface area contributed by atoms with Crippen LogP contribution in [0.2, 0.25) is 0 Å². The highest BCUT2D eigenvalue weighted by Gasteiger charge is 2.26. The van der Waals surface area contributed by atoms with E-state index in [0.717, 1.165) is 39.3 Å². The lowest BCUT2D eigenvalue weighted by Crippen LogP contribution is -2.11. The van der Waals surface area contributed by atoms with E-state index >= 15 is 0 Å². The number of rotatable bonds is 9. The molecule has 0 N–H and O–H groups in total. The lowest BCUT2D eigenvalue weighted by molar-refractivity contribution is -0.130. The SMILES string of the molecule is [C-]#[N+]/C(C#N)=C1\c2ccccc2-c2cc(N=Nc3ccc(N(c4ccc(OC(=O)C(=C)C)cc4)c4ccc(OC(=O)C(=C)C)cc4)cc3)ccc21. The fourth-order valence-electron chi connectivity index (χ4n) is 5.45. The smallest absolute Gasteiger partial charge is 0.338 e. The van der Waals surface area contributed by atoms with Crippen molar-refractivity contribution in [3.8, 4) is 28.7 Å². The second-order valence-electron chi connectivity index (χ2n) is 11.6. The van der Waals surface area contributed by atoms with E-state index in [0.29, 0.717) is 39.6 Å². The number of ether oxygens (including phenoxy) is 2. The maximum absolute atomic E-state index is 12.0. The van der Waals surface area contributed by atoms with Crippen molar-refractivity contribution in [3.05, 3.63) is 168 Å². The van der Waals surface area contributed by atoms with Gasteiger partial charge in [0.15, 0.2) is 0 Å². The van der Waals surface area contributed by atoms with Crippen molar-refractivity contribution in [1.82, 2.24) is 0 Å². The predicted octanol–water partition coefficient (Wildman–Crippen LogP) is 10.7. The molecular weight excluding hydrogens is 638 g/mol. The zero-order valence-electron chi connectivity index (χ0n) is 27.8. The number of nitriles is 1. The first-order valence-electron chi connectivity index (χ1n) is 15.7. The summed E-state index contributed by atoms with van der Waals surface area (Å²) in [4.78, 5) is 29.5. The molecule has 6 rings (SSSR count). The van der Waals surface area contributed by atoms with Crippen molar-refractivity contribution < 1.29 is 19.1 Å². The molecule has 0 saturated carbocycles. The summed E-state index contributed by atoms with van der Waals surface area (Å²) >= 11 is 0. The number of azo groups is 1. The van der Waals surface area contributed by atoms with Crippen molar-refractivity contribution in [3.63, 3.8) is 0 Å². The number of fused-ring (bicyclic) bond motifs is 3. The Hall–Kier alpha value is -7.36. The molecule has 5 aromatic rings. The van der Waals surface area contributed by atoms with Crippen molar-refractivity contribution >= 4 is 45.9 Å². The highest BCUT2D eigenvalue weighted by atomic mass is 16.5. The average molecular weight is 668 g/mol. The molecule has 51 heavy (non-hydrogen) atoms. The summed E-state index contributed by atoms with van der Waals surface area (Å²) in [6.07, 6.45) is 0. The number of benzene rings is 5. The number of hydrogen-bond donors (Lipinski definition) is 0. The van der Waals surface area contributed by atoms with E-state index in [1.54, 1.807) is 38.1 Å². The molecule has 0 fully saturated rings. The molecule has 0 bridgehead atoms. The molecule has 0 saturated heterocycles. The van der Waals surface area contributed by atoms with Crippen LogP contribution in [-0.2, 0) is 9.59 Å². The van der Waals surface area contributed by atoms with E-state index < -0.39 is 11.9 Å². The van der Waals surface area contributed by atoms with E-state index in [4.69, 9.17) is 16.0 Å². The van der Waals surface area contributed by atoms with E-state index in [9.17, 15) is 14.9 Å². The van der Waals surface area contributed by atoms with Gasteiger partial charge in [-0.1, -0.05) is 43.5 Å². The van der Waals surface area contributed by atoms with Crippen LogP contribution in [0.4, 0.5) is 28.4 Å². The Morgan fingerprint density at radius 1 is 0.667 bits per heavy atom. The van der Waals surface area contributed by atoms with Crippen molar-refractivity contribution in [1.29, 1.82) is 5.26 Å². The van der Waals surface area contributed by atoms with Gasteiger partial charge in [-0.25, -0.2) is 19.7 Å². The summed E-state index contributed by atoms with van der Waals surface area (Å²) in [5, 5.41) is 18.6. The summed E-state index contributed by atoms with van der Waals surface area (Å²) in [5.74, 6) is -0.264. The van der Waals surface area contributed by atoms with Crippen LogP contribution >= 0.6 is 0 Å². The highest BCUT2D eigenvalue weighted by molar-refractivity contribution is 6.04. The van der Waals surface area contributed by atoms with Gasteiger partial charge in [-0.2, -0.15) is 10.2 Å². The molecule has 246 valence electrons. The molecule has 1 aliphatic carbocycles. The van der Waals surface area contributed by atoms with Gasteiger partial charge in [0.1, 0.15) is 11.5 Å². The summed E-state index contributed by atoms with van der Waals surface area (Å²) in [5.41, 5.74) is 8.34. The number of allylic oxidation sites excluding steroid dienone is 1. The quantitative estimate of drug-likeness (QED) is 0.0379. The van der Waals surface area contributed by atoms with E-state index in [-0.39, 0.29) is 5.70 Å². The van der Waals surface area contributed by atoms with Crippen molar-refractivity contribution in [2.24, 2.45) is 10.2 Å². The largest absolute Gasteiger partial charge is 0.423 e. The molecule has 0 aliphatic heterocycles. The number of carbonyl (C=O) groups is 2. The van der Waals surface area contributed by atoms with Crippen LogP contribution in [-0.4, -0.2) is 11.9 Å². The van der Waals surface area contributed by atoms with Crippen LogP contribution in [0.25, 0.3) is 21.5 Å². The Morgan fingerprint density at radius 3 is 1.61 bits per heavy atom. The maximum Gasteiger partial charge on any atom is 0.338 e. The molecular formula is C42H29N5O4. The third kappa shape index (κ3) is 7.09. The average Bonchev–Trinajstić information content (AvgIpc) is 3.46. The Bertz CT molecular complexity index is 2270. The first-order chi connectivity index (χ1) is 24.7. The van der Waals surface area contributed by atoms with Gasteiger partial charge in [0.05, 0.1) is 24.0 Å². The van der Waals surface area contributed by atoms with Gasteiger partial charge in [-0.15, -0.1) is 0 Å². The molecule has 0 atom stereocenters. The third-order valence-corrected chi connectivity index (χ3v) is 7.91. The normalized spacial score (nSPS) is 12.2. The van der Waals surface area contributed by atoms with Gasteiger partial charge in [0.25, 0.3) is 5.70 Å². The van der Waals surface area contributed by atoms with Gasteiger partial charge in [0, 0.05) is 33.8 Å². The molecule has 9 heteroatoms. The molecule has 0 amide bonds. The topological polar surface area (TPSA) is 109 Å². The molecule has 0 heterocycles. The monoisotopic (exact) mass is 667 g/mol. The number of esters is 2. The first kappa shape index (κ1) is 33.5. The predicted molar refractivity (Wildman–Crippen MR) is 196 cm³/mol. The Labute approximate surface area is 295 Å². The van der Waals surface area contributed by atoms with Crippen LogP contribution in [0.1, 0.15) is 25.0 Å². The fourth-order valence-corrected chi connectivity index (χ4v) is 5.45. The number of nitrogens with zero attached hydrogens (tertiary/aromatic N) is 5. The van der Waals surface area contributed by atoms with Crippen LogP contribution in [0.15, 0.2) is 155 Å². The second-order valence-corrected chi connectivity index (χ2v) is 11.6. The van der Waals surface area contributed by atoms with Crippen molar-refractivity contribution in [2.75, 3.05) is 4.90 Å².